The van der Waals surface area contributed by atoms with Crippen molar-refractivity contribution in [2.75, 3.05) is 20.9 Å². The Balaban J connectivity index is 1.70. The molecular formula is C36H43FN3O7P. The lowest BCUT2D eigenvalue weighted by molar-refractivity contribution is -0.213. The standard InChI is InChI=1S/C36H43FN3O7P/c1-23(2)40(24(3)4)48(7)47-32-31(37)33(39-22-21-30(41)38-35(39)42)45-34(32)46-36(25-11-9-8-10-12-25,26-13-17-28(43-5)18-14-26)27-15-19-29(44-6)20-16-27/h8-24,31-34H,1-7H3,(H,38,41,42)/t31-,32+,33-,34-,48?/m1/s1. The van der Waals surface area contributed by atoms with E-state index < -0.39 is 49.9 Å². The van der Waals surface area contributed by atoms with Crippen LogP contribution in [0.1, 0.15) is 50.6 Å². The molecule has 256 valence electrons. The molecule has 0 saturated carbocycles. The molecule has 0 spiro atoms. The topological polar surface area (TPSA) is 104 Å². The van der Waals surface area contributed by atoms with Crippen LogP contribution in [0, 0.1) is 0 Å². The molecule has 1 aromatic heterocycles. The predicted octanol–water partition coefficient (Wildman–Crippen LogP) is 6.20. The highest BCUT2D eigenvalue weighted by molar-refractivity contribution is 7.49. The van der Waals surface area contributed by atoms with E-state index in [1.165, 1.54) is 6.20 Å². The van der Waals surface area contributed by atoms with Crippen LogP contribution in [0.3, 0.4) is 0 Å². The van der Waals surface area contributed by atoms with Crippen LogP contribution in [0.4, 0.5) is 4.39 Å². The quantitative estimate of drug-likeness (QED) is 0.132. The third-order valence-corrected chi connectivity index (χ3v) is 10.5. The largest absolute Gasteiger partial charge is 0.497 e. The van der Waals surface area contributed by atoms with Crippen molar-refractivity contribution in [1.29, 1.82) is 0 Å². The Morgan fingerprint density at radius 2 is 1.35 bits per heavy atom. The lowest BCUT2D eigenvalue weighted by Gasteiger charge is -2.40. The lowest BCUT2D eigenvalue weighted by Crippen LogP contribution is -2.43. The van der Waals surface area contributed by atoms with E-state index in [0.717, 1.165) is 16.2 Å². The van der Waals surface area contributed by atoms with E-state index in [1.807, 2.05) is 85.5 Å². The molecule has 1 aliphatic rings. The van der Waals surface area contributed by atoms with Gasteiger partial charge in [-0.15, -0.1) is 0 Å². The molecule has 0 radical (unpaired) electrons. The van der Waals surface area contributed by atoms with Crippen molar-refractivity contribution in [1.82, 2.24) is 14.2 Å². The summed E-state index contributed by atoms with van der Waals surface area (Å²) < 4.78 is 51.1. The van der Waals surface area contributed by atoms with Gasteiger partial charge in [-0.05, 0) is 75.3 Å². The van der Waals surface area contributed by atoms with E-state index in [2.05, 4.69) is 37.3 Å². The minimum Gasteiger partial charge on any atom is -0.497 e. The zero-order valence-electron chi connectivity index (χ0n) is 28.2. The van der Waals surface area contributed by atoms with Crippen molar-refractivity contribution in [2.24, 2.45) is 0 Å². The maximum Gasteiger partial charge on any atom is 0.330 e. The number of H-pyrrole nitrogens is 1. The molecule has 0 aliphatic carbocycles. The summed E-state index contributed by atoms with van der Waals surface area (Å²) in [4.78, 5) is 27.0. The van der Waals surface area contributed by atoms with Gasteiger partial charge in [0.1, 0.15) is 31.5 Å². The van der Waals surface area contributed by atoms with Gasteiger partial charge < -0.3 is 23.5 Å². The summed E-state index contributed by atoms with van der Waals surface area (Å²) in [6.45, 7) is 10.2. The van der Waals surface area contributed by atoms with Gasteiger partial charge in [0.2, 0.25) is 0 Å². The summed E-state index contributed by atoms with van der Waals surface area (Å²) >= 11 is 0. The normalized spacial score (nSPS) is 20.4. The molecule has 0 amide bonds. The maximum atomic E-state index is 16.9. The number of aromatic nitrogens is 2. The third kappa shape index (κ3) is 7.11. The average molecular weight is 680 g/mol. The number of alkyl halides is 1. The summed E-state index contributed by atoms with van der Waals surface area (Å²) in [7, 11) is 1.83. The summed E-state index contributed by atoms with van der Waals surface area (Å²) in [5, 5.41) is 0. The van der Waals surface area contributed by atoms with E-state index in [9.17, 15) is 9.59 Å². The molecule has 0 bridgehead atoms. The Bertz CT molecular complexity index is 1690. The molecule has 1 N–H and O–H groups in total. The van der Waals surface area contributed by atoms with E-state index in [-0.39, 0.29) is 12.1 Å². The first-order valence-electron chi connectivity index (χ1n) is 15.8. The fraction of sp³-hybridized carbons (Fsp3) is 0.389. The fourth-order valence-corrected chi connectivity index (χ4v) is 8.31. The average Bonchev–Trinajstić information content (AvgIpc) is 3.37. The van der Waals surface area contributed by atoms with Crippen LogP contribution in [0.5, 0.6) is 11.5 Å². The first-order chi connectivity index (χ1) is 23.0. The summed E-state index contributed by atoms with van der Waals surface area (Å²) in [5.41, 5.74) is -0.595. The summed E-state index contributed by atoms with van der Waals surface area (Å²) in [6, 6.07) is 25.8. The molecule has 12 heteroatoms. The van der Waals surface area contributed by atoms with Crippen molar-refractivity contribution in [3.8, 4) is 11.5 Å². The number of nitrogens with zero attached hydrogens (tertiary/aromatic N) is 2. The Hall–Kier alpha value is -3.86. The Morgan fingerprint density at radius 3 is 1.83 bits per heavy atom. The van der Waals surface area contributed by atoms with Gasteiger partial charge in [-0.2, -0.15) is 0 Å². The van der Waals surface area contributed by atoms with Crippen LogP contribution in [-0.4, -0.2) is 65.8 Å². The van der Waals surface area contributed by atoms with Gasteiger partial charge in [0, 0.05) is 24.3 Å². The minimum atomic E-state index is -1.84. The lowest BCUT2D eigenvalue weighted by atomic mass is 9.80. The SMILES string of the molecule is COc1ccc(C(O[C@H]2O[C@@H](n3ccc(=O)[nH]c3=O)[C@H](F)[C@@H]2OP(C)N(C(C)C)C(C)C)(c2ccccc2)c2ccc(OC)cc2)cc1. The smallest absolute Gasteiger partial charge is 0.330 e. The van der Waals surface area contributed by atoms with Crippen LogP contribution in [0.25, 0.3) is 0 Å². The zero-order chi connectivity index (χ0) is 34.6. The molecule has 1 fully saturated rings. The third-order valence-electron chi connectivity index (χ3n) is 8.38. The zero-order valence-corrected chi connectivity index (χ0v) is 29.1. The number of nitrogens with one attached hydrogen (secondary N) is 1. The van der Waals surface area contributed by atoms with Gasteiger partial charge >= 0.3 is 5.69 Å². The first kappa shape index (κ1) is 35.4. The van der Waals surface area contributed by atoms with E-state index in [0.29, 0.717) is 22.6 Å². The minimum absolute atomic E-state index is 0.112. The highest BCUT2D eigenvalue weighted by Gasteiger charge is 2.53. The highest BCUT2D eigenvalue weighted by Crippen LogP contribution is 2.50. The number of aromatic amines is 1. The second-order valence-corrected chi connectivity index (χ2v) is 13.7. The van der Waals surface area contributed by atoms with E-state index in [4.69, 9.17) is 23.5 Å². The first-order valence-corrected chi connectivity index (χ1v) is 17.5. The molecule has 10 nitrogen and oxygen atoms in total. The van der Waals surface area contributed by atoms with Gasteiger partial charge in [-0.1, -0.05) is 54.6 Å². The number of methoxy groups -OCH3 is 2. The van der Waals surface area contributed by atoms with E-state index >= 15 is 4.39 Å². The number of hydrogen-bond donors (Lipinski definition) is 1. The van der Waals surface area contributed by atoms with Crippen molar-refractivity contribution in [3.05, 3.63) is 129 Å². The molecule has 1 saturated heterocycles. The summed E-state index contributed by atoms with van der Waals surface area (Å²) in [6.07, 6.45) is -4.65. The number of benzene rings is 3. The van der Waals surface area contributed by atoms with Crippen LogP contribution in [-0.2, 0) is 19.6 Å². The van der Waals surface area contributed by atoms with Crippen LogP contribution in [0.2, 0.25) is 0 Å². The van der Waals surface area contributed by atoms with Crippen LogP contribution >= 0.6 is 8.30 Å². The monoisotopic (exact) mass is 679 g/mol. The number of rotatable bonds is 13. The number of ether oxygens (including phenoxy) is 4. The second kappa shape index (κ2) is 15.1. The van der Waals surface area contributed by atoms with Crippen molar-refractivity contribution in [3.63, 3.8) is 0 Å². The Morgan fingerprint density at radius 1 is 0.833 bits per heavy atom. The van der Waals surface area contributed by atoms with Crippen LogP contribution in [0.15, 0.2) is 101 Å². The molecular weight excluding hydrogens is 636 g/mol. The number of hydrogen-bond acceptors (Lipinski definition) is 8. The highest BCUT2D eigenvalue weighted by atomic mass is 31.2. The van der Waals surface area contributed by atoms with Crippen molar-refractivity contribution < 1.29 is 27.9 Å². The molecule has 3 aromatic carbocycles. The molecule has 5 atom stereocenters. The van der Waals surface area contributed by atoms with Gasteiger partial charge in [0.05, 0.1) is 14.2 Å². The van der Waals surface area contributed by atoms with Gasteiger partial charge in [-0.25, -0.2) is 9.18 Å². The predicted molar refractivity (Wildman–Crippen MR) is 183 cm³/mol. The van der Waals surface area contributed by atoms with Crippen LogP contribution < -0.4 is 20.7 Å². The van der Waals surface area contributed by atoms with Gasteiger partial charge in [0.25, 0.3) is 5.56 Å². The van der Waals surface area contributed by atoms with Gasteiger partial charge in [-0.3, -0.25) is 19.0 Å². The molecule has 1 unspecified atom stereocenters. The fourth-order valence-electron chi connectivity index (χ4n) is 6.33. The Labute approximate surface area is 281 Å². The molecule has 1 aliphatic heterocycles. The Kier molecular flexibility index (Phi) is 11.2. The van der Waals surface area contributed by atoms with E-state index in [1.54, 1.807) is 14.2 Å². The summed E-state index contributed by atoms with van der Waals surface area (Å²) in [5.74, 6) is 1.29. The van der Waals surface area contributed by atoms with Crippen molar-refractivity contribution in [2.45, 2.75) is 70.2 Å². The molecule has 5 rings (SSSR count). The number of halogens is 1. The maximum absolute atomic E-state index is 16.9. The molecule has 2 heterocycles. The second-order valence-electron chi connectivity index (χ2n) is 12.1. The molecule has 48 heavy (non-hydrogen) atoms. The molecule has 4 aromatic rings. The van der Waals surface area contributed by atoms with Gasteiger partial charge in [0.15, 0.2) is 18.7 Å². The van der Waals surface area contributed by atoms with Crippen molar-refractivity contribution >= 4 is 8.30 Å².